The van der Waals surface area contributed by atoms with Crippen LogP contribution in [0.3, 0.4) is 0 Å². The molecule has 0 spiro atoms. The van der Waals surface area contributed by atoms with Gasteiger partial charge in [0.2, 0.25) is 0 Å². The summed E-state index contributed by atoms with van der Waals surface area (Å²) in [6.45, 7) is 14.2. The van der Waals surface area contributed by atoms with E-state index in [4.69, 9.17) is 9.47 Å². The maximum Gasteiger partial charge on any atom is 0.336 e. The largest absolute Gasteiger partial charge is 0.465 e. The first-order valence-electron chi connectivity index (χ1n) is 9.95. The minimum absolute atomic E-state index is 0.262. The summed E-state index contributed by atoms with van der Waals surface area (Å²) in [6.07, 6.45) is 4.94. The SMILES string of the molecule is CCOC(=O)C1=C(C)N=C(C)C(C(=O)OCC)C1CC(C)CCC=C(C)C. The van der Waals surface area contributed by atoms with E-state index in [0.717, 1.165) is 19.3 Å². The quantitative estimate of drug-likeness (QED) is 0.425. The number of hydrogen-bond acceptors (Lipinski definition) is 5. The lowest BCUT2D eigenvalue weighted by Crippen LogP contribution is -2.38. The molecule has 5 heteroatoms. The van der Waals surface area contributed by atoms with E-state index < -0.39 is 5.92 Å². The number of carbonyl (C=O) groups is 2. The molecule has 0 aromatic rings. The van der Waals surface area contributed by atoms with E-state index >= 15 is 0 Å². The second kappa shape index (κ2) is 11.1. The first-order chi connectivity index (χ1) is 12.7. The van der Waals surface area contributed by atoms with Crippen LogP contribution < -0.4 is 0 Å². The molecule has 0 radical (unpaired) electrons. The van der Waals surface area contributed by atoms with Crippen LogP contribution in [0.25, 0.3) is 0 Å². The third-order valence-electron chi connectivity index (χ3n) is 4.86. The number of nitrogens with zero attached hydrogens (tertiary/aromatic N) is 1. The number of rotatable bonds is 9. The van der Waals surface area contributed by atoms with Gasteiger partial charge in [0.1, 0.15) is 5.92 Å². The fourth-order valence-corrected chi connectivity index (χ4v) is 3.66. The summed E-state index contributed by atoms with van der Waals surface area (Å²) < 4.78 is 10.6. The van der Waals surface area contributed by atoms with Gasteiger partial charge in [0.15, 0.2) is 0 Å². The zero-order valence-electron chi connectivity index (χ0n) is 17.9. The summed E-state index contributed by atoms with van der Waals surface area (Å²) >= 11 is 0. The van der Waals surface area contributed by atoms with Gasteiger partial charge in [-0.2, -0.15) is 0 Å². The Morgan fingerprint density at radius 1 is 1.15 bits per heavy atom. The van der Waals surface area contributed by atoms with E-state index in [9.17, 15) is 9.59 Å². The minimum Gasteiger partial charge on any atom is -0.465 e. The van der Waals surface area contributed by atoms with E-state index in [1.807, 2.05) is 13.8 Å². The predicted molar refractivity (Wildman–Crippen MR) is 109 cm³/mol. The van der Waals surface area contributed by atoms with Crippen molar-refractivity contribution in [3.63, 3.8) is 0 Å². The van der Waals surface area contributed by atoms with Crippen molar-refractivity contribution in [2.75, 3.05) is 13.2 Å². The second-order valence-electron chi connectivity index (χ2n) is 7.51. The molecule has 27 heavy (non-hydrogen) atoms. The van der Waals surface area contributed by atoms with E-state index in [1.54, 1.807) is 13.8 Å². The Morgan fingerprint density at radius 2 is 1.78 bits per heavy atom. The topological polar surface area (TPSA) is 65.0 Å². The molecule has 0 amide bonds. The van der Waals surface area contributed by atoms with Gasteiger partial charge in [-0.25, -0.2) is 4.79 Å². The highest BCUT2D eigenvalue weighted by Crippen LogP contribution is 2.37. The number of esters is 2. The summed E-state index contributed by atoms with van der Waals surface area (Å²) in [7, 11) is 0. The molecule has 0 aromatic heterocycles. The summed E-state index contributed by atoms with van der Waals surface area (Å²) in [6, 6.07) is 0. The fourth-order valence-electron chi connectivity index (χ4n) is 3.66. The van der Waals surface area contributed by atoms with Crippen molar-refractivity contribution >= 4 is 17.7 Å². The molecule has 0 aromatic carbocycles. The lowest BCUT2D eigenvalue weighted by Gasteiger charge is -2.32. The maximum absolute atomic E-state index is 12.6. The molecule has 3 unspecified atom stereocenters. The van der Waals surface area contributed by atoms with Gasteiger partial charge in [-0.3, -0.25) is 9.79 Å². The summed E-state index contributed by atoms with van der Waals surface area (Å²) in [5, 5.41) is 0. The average Bonchev–Trinajstić information content (AvgIpc) is 2.54. The molecule has 0 N–H and O–H groups in total. The Balaban J connectivity index is 3.16. The van der Waals surface area contributed by atoms with Gasteiger partial charge in [-0.1, -0.05) is 18.6 Å². The molecule has 3 atom stereocenters. The molecule has 0 aliphatic carbocycles. The molecular weight excluding hydrogens is 342 g/mol. The van der Waals surface area contributed by atoms with Crippen LogP contribution >= 0.6 is 0 Å². The van der Waals surface area contributed by atoms with Crippen LogP contribution in [0.15, 0.2) is 27.9 Å². The van der Waals surface area contributed by atoms with E-state index in [2.05, 4.69) is 31.8 Å². The third kappa shape index (κ3) is 6.64. The van der Waals surface area contributed by atoms with Crippen LogP contribution in [-0.4, -0.2) is 30.9 Å². The minimum atomic E-state index is -0.529. The second-order valence-corrected chi connectivity index (χ2v) is 7.51. The van der Waals surface area contributed by atoms with Crippen LogP contribution in [0, 0.1) is 17.8 Å². The Kier molecular flexibility index (Phi) is 9.47. The van der Waals surface area contributed by atoms with E-state index in [-0.39, 0.29) is 17.9 Å². The van der Waals surface area contributed by atoms with Crippen LogP contribution in [0.5, 0.6) is 0 Å². The predicted octanol–water partition coefficient (Wildman–Crippen LogP) is 4.87. The van der Waals surface area contributed by atoms with Crippen LogP contribution in [0.4, 0.5) is 0 Å². The highest BCUT2D eigenvalue weighted by atomic mass is 16.5. The molecule has 5 nitrogen and oxygen atoms in total. The normalized spacial score (nSPS) is 20.6. The number of allylic oxidation sites excluding steroid dienone is 3. The van der Waals surface area contributed by atoms with Crippen molar-refractivity contribution in [2.45, 2.75) is 67.7 Å². The summed E-state index contributed by atoms with van der Waals surface area (Å²) in [4.78, 5) is 29.8. The van der Waals surface area contributed by atoms with Crippen molar-refractivity contribution in [2.24, 2.45) is 22.7 Å². The molecule has 0 fully saturated rings. The van der Waals surface area contributed by atoms with Crippen molar-refractivity contribution in [3.8, 4) is 0 Å². The molecule has 1 rings (SSSR count). The van der Waals surface area contributed by atoms with Gasteiger partial charge in [-0.15, -0.1) is 0 Å². The average molecular weight is 378 g/mol. The highest BCUT2D eigenvalue weighted by Gasteiger charge is 2.41. The van der Waals surface area contributed by atoms with Crippen molar-refractivity contribution in [3.05, 3.63) is 22.9 Å². The summed E-state index contributed by atoms with van der Waals surface area (Å²) in [5.41, 5.74) is 3.18. The lowest BCUT2D eigenvalue weighted by atomic mass is 9.74. The Hall–Kier alpha value is -1.91. The van der Waals surface area contributed by atoms with Gasteiger partial charge in [0, 0.05) is 17.3 Å². The number of hydrogen-bond donors (Lipinski definition) is 0. The molecular formula is C22H35NO4. The zero-order valence-corrected chi connectivity index (χ0v) is 17.9. The Morgan fingerprint density at radius 3 is 2.33 bits per heavy atom. The van der Waals surface area contributed by atoms with Crippen LogP contribution in [0.1, 0.15) is 67.7 Å². The van der Waals surface area contributed by atoms with Crippen LogP contribution in [-0.2, 0) is 19.1 Å². The molecule has 1 aliphatic heterocycles. The van der Waals surface area contributed by atoms with Crippen molar-refractivity contribution < 1.29 is 19.1 Å². The standard InChI is InChI=1S/C22H35NO4/c1-8-26-21(24)19-16(6)23-17(7)20(22(25)27-9-2)18(19)13-15(5)12-10-11-14(3)4/h11,15,18-19H,8-10,12-13H2,1-7H3. The number of carbonyl (C=O) groups excluding carboxylic acids is 2. The first kappa shape index (κ1) is 23.1. The van der Waals surface area contributed by atoms with Gasteiger partial charge in [0.05, 0.1) is 18.8 Å². The maximum atomic E-state index is 12.6. The lowest BCUT2D eigenvalue weighted by molar-refractivity contribution is -0.147. The van der Waals surface area contributed by atoms with E-state index in [1.165, 1.54) is 5.57 Å². The van der Waals surface area contributed by atoms with Crippen molar-refractivity contribution in [1.82, 2.24) is 0 Å². The number of aliphatic imine (C=N–C) groups is 1. The van der Waals surface area contributed by atoms with Gasteiger partial charge < -0.3 is 9.47 Å². The first-order valence-corrected chi connectivity index (χ1v) is 9.95. The van der Waals surface area contributed by atoms with Crippen LogP contribution in [0.2, 0.25) is 0 Å². The van der Waals surface area contributed by atoms with Gasteiger partial charge in [-0.05, 0) is 66.7 Å². The van der Waals surface area contributed by atoms with Gasteiger partial charge in [0.25, 0.3) is 0 Å². The third-order valence-corrected chi connectivity index (χ3v) is 4.86. The van der Waals surface area contributed by atoms with Crippen molar-refractivity contribution in [1.29, 1.82) is 0 Å². The molecule has 0 bridgehead atoms. The summed E-state index contributed by atoms with van der Waals surface area (Å²) in [5.74, 6) is -1.12. The zero-order chi connectivity index (χ0) is 20.6. The molecule has 1 aliphatic rings. The Bertz CT molecular complexity index is 626. The Labute approximate surface area is 163 Å². The fraction of sp³-hybridized carbons (Fsp3) is 0.682. The molecule has 152 valence electrons. The number of ether oxygens (including phenoxy) is 2. The monoisotopic (exact) mass is 377 g/mol. The van der Waals surface area contributed by atoms with E-state index in [0.29, 0.717) is 36.1 Å². The molecule has 0 saturated carbocycles. The smallest absolute Gasteiger partial charge is 0.336 e. The molecule has 0 saturated heterocycles. The highest BCUT2D eigenvalue weighted by molar-refractivity contribution is 6.05. The molecule has 1 heterocycles. The van der Waals surface area contributed by atoms with Gasteiger partial charge >= 0.3 is 11.9 Å².